The molecule has 7 nitrogen and oxygen atoms in total. The summed E-state index contributed by atoms with van der Waals surface area (Å²) in [6.45, 7) is 0.658. The number of ether oxygens (including phenoxy) is 1. The smallest absolute Gasteiger partial charge is 0.410 e. The fourth-order valence-corrected chi connectivity index (χ4v) is 7.51. The maximum absolute atomic E-state index is 14.8. The number of rotatable bonds is 5. The predicted octanol–water partition coefficient (Wildman–Crippen LogP) is 4.51. The maximum atomic E-state index is 14.8. The highest BCUT2D eigenvalue weighted by molar-refractivity contribution is 7.89. The van der Waals surface area contributed by atoms with Gasteiger partial charge in [-0.05, 0) is 74.8 Å². The van der Waals surface area contributed by atoms with Crippen LogP contribution in [0, 0.1) is 17.5 Å². The number of carbonyl (C=O) groups excluding carboxylic acids is 1. The Labute approximate surface area is 213 Å². The molecule has 37 heavy (non-hydrogen) atoms. The Balaban J connectivity index is 1.52. The van der Waals surface area contributed by atoms with E-state index in [-0.39, 0.29) is 0 Å². The number of likely N-dealkylation sites (tertiary alicyclic amines) is 1. The van der Waals surface area contributed by atoms with Crippen molar-refractivity contribution < 1.29 is 36.2 Å². The molecule has 0 spiro atoms. The van der Waals surface area contributed by atoms with Crippen molar-refractivity contribution in [1.82, 2.24) is 9.21 Å². The predicted molar refractivity (Wildman–Crippen MR) is 127 cm³/mol. The van der Waals surface area contributed by atoms with Crippen LogP contribution >= 0.6 is 0 Å². The van der Waals surface area contributed by atoms with Crippen LogP contribution in [-0.4, -0.2) is 59.7 Å². The third-order valence-electron chi connectivity index (χ3n) is 7.62. The summed E-state index contributed by atoms with van der Waals surface area (Å²) in [6.07, 6.45) is 1.95. The van der Waals surface area contributed by atoms with Crippen LogP contribution in [0.25, 0.3) is 0 Å². The third-order valence-corrected chi connectivity index (χ3v) is 9.57. The topological polar surface area (TPSA) is 87.2 Å². The molecule has 2 aromatic rings. The molecular formula is C26H29F3N2O5S. The highest BCUT2D eigenvalue weighted by atomic mass is 32.2. The molecule has 2 heterocycles. The fraction of sp³-hybridized carbons (Fsp3) is 0.500. The molecule has 2 aromatic carbocycles. The Morgan fingerprint density at radius 2 is 1.68 bits per heavy atom. The molecule has 1 aliphatic carbocycles. The lowest BCUT2D eigenvalue weighted by Crippen LogP contribution is -2.54. The Hall–Kier alpha value is -2.63. The lowest BCUT2D eigenvalue weighted by atomic mass is 9.90. The van der Waals surface area contributed by atoms with Gasteiger partial charge in [0, 0.05) is 19.2 Å². The normalized spacial score (nSPS) is 24.6. The van der Waals surface area contributed by atoms with Gasteiger partial charge in [-0.25, -0.2) is 26.4 Å². The molecule has 3 aliphatic rings. The van der Waals surface area contributed by atoms with Gasteiger partial charge in [0.1, 0.15) is 27.9 Å². The minimum Gasteiger partial charge on any atom is -0.441 e. The number of sulfonamides is 1. The number of hydrogen-bond acceptors (Lipinski definition) is 5. The molecule has 0 radical (unpaired) electrons. The molecule has 200 valence electrons. The molecule has 1 N–H and O–H groups in total. The van der Waals surface area contributed by atoms with Crippen LogP contribution in [0.5, 0.6) is 0 Å². The SMILES string of the molecule is O=C(OC1([C@H]2CCC[C@@H](c3cccc(F)c3)N2S(=O)(=O)c2ccc(F)cc2F)CC1)N1CCC(O)CC1. The lowest BCUT2D eigenvalue weighted by Gasteiger charge is -2.45. The molecule has 1 saturated carbocycles. The molecule has 2 aliphatic heterocycles. The Kier molecular flexibility index (Phi) is 6.97. The monoisotopic (exact) mass is 538 g/mol. The van der Waals surface area contributed by atoms with E-state index in [1.54, 1.807) is 6.07 Å². The van der Waals surface area contributed by atoms with Gasteiger partial charge >= 0.3 is 6.09 Å². The Morgan fingerprint density at radius 1 is 0.973 bits per heavy atom. The summed E-state index contributed by atoms with van der Waals surface area (Å²) in [5.41, 5.74) is -0.703. The molecule has 11 heteroatoms. The molecule has 3 fully saturated rings. The summed E-state index contributed by atoms with van der Waals surface area (Å²) in [7, 11) is -4.55. The number of hydrogen-bond donors (Lipinski definition) is 1. The van der Waals surface area contributed by atoms with Gasteiger partial charge in [-0.3, -0.25) is 0 Å². The quantitative estimate of drug-likeness (QED) is 0.605. The van der Waals surface area contributed by atoms with E-state index in [1.165, 1.54) is 23.1 Å². The van der Waals surface area contributed by atoms with Gasteiger partial charge in [-0.15, -0.1) is 0 Å². The van der Waals surface area contributed by atoms with Crippen LogP contribution in [0.4, 0.5) is 18.0 Å². The molecule has 0 bridgehead atoms. The summed E-state index contributed by atoms with van der Waals surface area (Å²) in [5.74, 6) is -2.67. The minimum atomic E-state index is -4.55. The van der Waals surface area contributed by atoms with E-state index in [0.29, 0.717) is 69.7 Å². The fourth-order valence-electron chi connectivity index (χ4n) is 5.54. The zero-order valence-corrected chi connectivity index (χ0v) is 21.0. The van der Waals surface area contributed by atoms with Crippen LogP contribution in [0.3, 0.4) is 0 Å². The van der Waals surface area contributed by atoms with Crippen molar-refractivity contribution in [3.8, 4) is 0 Å². The number of amides is 1. The minimum absolute atomic E-state index is 0.329. The van der Waals surface area contributed by atoms with Crippen LogP contribution in [0.2, 0.25) is 0 Å². The van der Waals surface area contributed by atoms with Crippen molar-refractivity contribution in [3.63, 3.8) is 0 Å². The standard InChI is InChI=1S/C26H29F3N2O5S/c27-18-4-1-3-17(15-18)22-5-2-6-24(31(22)37(34,35)23-8-7-19(28)16-21(23)29)26(11-12-26)36-25(33)30-13-9-20(32)10-14-30/h1,3-4,7-8,15-16,20,22,24,32H,2,5-6,9-14H2/t22-,24+/m0/s1. The number of piperidine rings is 2. The second kappa shape index (κ2) is 9.92. The highest BCUT2D eigenvalue weighted by Crippen LogP contribution is 2.52. The number of aliphatic hydroxyl groups is 1. The van der Waals surface area contributed by atoms with E-state index in [0.717, 1.165) is 16.4 Å². The largest absolute Gasteiger partial charge is 0.441 e. The maximum Gasteiger partial charge on any atom is 0.410 e. The van der Waals surface area contributed by atoms with Gasteiger partial charge in [-0.2, -0.15) is 4.31 Å². The molecular weight excluding hydrogens is 509 g/mol. The second-order valence-electron chi connectivity index (χ2n) is 10.1. The molecule has 2 atom stereocenters. The van der Waals surface area contributed by atoms with Gasteiger partial charge in [-0.1, -0.05) is 12.1 Å². The van der Waals surface area contributed by atoms with Crippen molar-refractivity contribution >= 4 is 16.1 Å². The van der Waals surface area contributed by atoms with E-state index in [4.69, 9.17) is 4.74 Å². The molecule has 2 saturated heterocycles. The van der Waals surface area contributed by atoms with E-state index in [1.807, 2.05) is 0 Å². The number of benzene rings is 2. The first-order valence-corrected chi connectivity index (χ1v) is 13.9. The average Bonchev–Trinajstić information content (AvgIpc) is 3.64. The lowest BCUT2D eigenvalue weighted by molar-refractivity contribution is -0.0160. The van der Waals surface area contributed by atoms with Crippen molar-refractivity contribution in [2.24, 2.45) is 0 Å². The third kappa shape index (κ3) is 5.08. The number of aliphatic hydroxyl groups excluding tert-OH is 1. The number of nitrogens with zero attached hydrogens (tertiary/aromatic N) is 2. The van der Waals surface area contributed by atoms with Crippen LogP contribution in [-0.2, 0) is 14.8 Å². The first-order valence-electron chi connectivity index (χ1n) is 12.5. The average molecular weight is 539 g/mol. The molecule has 0 unspecified atom stereocenters. The van der Waals surface area contributed by atoms with E-state index < -0.39 is 62.3 Å². The zero-order valence-electron chi connectivity index (χ0n) is 20.2. The Morgan fingerprint density at radius 3 is 2.32 bits per heavy atom. The number of carbonyl (C=O) groups is 1. The Bertz CT molecular complexity index is 1280. The number of halogens is 3. The van der Waals surface area contributed by atoms with E-state index in [2.05, 4.69) is 0 Å². The van der Waals surface area contributed by atoms with Gasteiger partial charge in [0.2, 0.25) is 10.0 Å². The van der Waals surface area contributed by atoms with E-state index >= 15 is 0 Å². The van der Waals surface area contributed by atoms with Crippen LogP contribution in [0.15, 0.2) is 47.4 Å². The van der Waals surface area contributed by atoms with Crippen molar-refractivity contribution in [2.45, 2.75) is 73.6 Å². The molecule has 1 amide bonds. The molecule has 0 aromatic heterocycles. The van der Waals surface area contributed by atoms with Gasteiger partial charge in [0.15, 0.2) is 0 Å². The first-order chi connectivity index (χ1) is 17.6. The highest BCUT2D eigenvalue weighted by Gasteiger charge is 2.60. The summed E-state index contributed by atoms with van der Waals surface area (Å²) in [5, 5.41) is 9.75. The van der Waals surface area contributed by atoms with Crippen LogP contribution < -0.4 is 0 Å². The van der Waals surface area contributed by atoms with Crippen molar-refractivity contribution in [1.29, 1.82) is 0 Å². The van der Waals surface area contributed by atoms with Gasteiger partial charge in [0.05, 0.1) is 18.2 Å². The van der Waals surface area contributed by atoms with Gasteiger partial charge in [0.25, 0.3) is 0 Å². The van der Waals surface area contributed by atoms with Crippen LogP contribution in [0.1, 0.15) is 56.6 Å². The second-order valence-corrected chi connectivity index (χ2v) is 11.9. The van der Waals surface area contributed by atoms with Gasteiger partial charge < -0.3 is 14.7 Å². The van der Waals surface area contributed by atoms with Crippen molar-refractivity contribution in [2.75, 3.05) is 13.1 Å². The summed E-state index contributed by atoms with van der Waals surface area (Å²) >= 11 is 0. The zero-order chi connectivity index (χ0) is 26.4. The van der Waals surface area contributed by atoms with E-state index in [9.17, 15) is 31.5 Å². The summed E-state index contributed by atoms with van der Waals surface area (Å²) in [4.78, 5) is 13.8. The molecule has 5 rings (SSSR count). The first kappa shape index (κ1) is 26.0. The summed E-state index contributed by atoms with van der Waals surface area (Å²) < 4.78 is 77.7. The van der Waals surface area contributed by atoms with Crippen molar-refractivity contribution in [3.05, 3.63) is 65.5 Å². The summed E-state index contributed by atoms with van der Waals surface area (Å²) in [6, 6.07) is 6.24.